The molecule has 1 aliphatic heterocycles. The van der Waals surface area contributed by atoms with E-state index in [0.29, 0.717) is 0 Å². The zero-order valence-corrected chi connectivity index (χ0v) is 17.0. The van der Waals surface area contributed by atoms with Crippen LogP contribution in [-0.4, -0.2) is 18.4 Å². The van der Waals surface area contributed by atoms with E-state index in [1.807, 2.05) is 13.1 Å². The molecule has 1 saturated carbocycles. The number of allylic oxidation sites excluding steroid dienone is 1. The van der Waals surface area contributed by atoms with E-state index < -0.39 is 0 Å². The van der Waals surface area contributed by atoms with Gasteiger partial charge in [-0.05, 0) is 63.4 Å². The molecular weight excluding hydrogens is 344 g/mol. The van der Waals surface area contributed by atoms with Crippen molar-refractivity contribution in [1.29, 1.82) is 0 Å². The molecule has 26 heavy (non-hydrogen) atoms. The molecule has 0 unspecified atom stereocenters. The van der Waals surface area contributed by atoms with Crippen molar-refractivity contribution in [3.05, 3.63) is 39.9 Å². The lowest BCUT2D eigenvalue weighted by molar-refractivity contribution is -0.118. The minimum absolute atomic E-state index is 0.0869. The van der Waals surface area contributed by atoms with Crippen molar-refractivity contribution in [3.8, 4) is 0 Å². The highest BCUT2D eigenvalue weighted by Crippen LogP contribution is 2.34. The summed E-state index contributed by atoms with van der Waals surface area (Å²) in [6.45, 7) is 5.07. The van der Waals surface area contributed by atoms with E-state index in [9.17, 15) is 4.79 Å². The number of halogens is 1. The monoisotopic (exact) mass is 374 g/mol. The van der Waals surface area contributed by atoms with Crippen molar-refractivity contribution in [2.45, 2.75) is 70.9 Å². The van der Waals surface area contributed by atoms with Crippen molar-refractivity contribution in [1.82, 2.24) is 10.6 Å². The van der Waals surface area contributed by atoms with Crippen molar-refractivity contribution in [2.75, 3.05) is 7.05 Å². The molecular formula is C22H31ClN2O. The van der Waals surface area contributed by atoms with Gasteiger partial charge in [0.1, 0.15) is 0 Å². The molecule has 142 valence electrons. The zero-order valence-electron chi connectivity index (χ0n) is 16.3. The van der Waals surface area contributed by atoms with Crippen LogP contribution in [-0.2, 0) is 17.8 Å². The van der Waals surface area contributed by atoms with Crippen LogP contribution in [0.4, 0.5) is 0 Å². The summed E-state index contributed by atoms with van der Waals surface area (Å²) >= 11 is 6.48. The van der Waals surface area contributed by atoms with E-state index in [1.54, 1.807) is 0 Å². The number of rotatable bonds is 4. The lowest BCUT2D eigenvalue weighted by Crippen LogP contribution is -2.44. The summed E-state index contributed by atoms with van der Waals surface area (Å²) in [6.07, 6.45) is 9.72. The predicted molar refractivity (Wildman–Crippen MR) is 109 cm³/mol. The van der Waals surface area contributed by atoms with E-state index in [4.69, 9.17) is 11.6 Å². The third kappa shape index (κ3) is 4.50. The molecule has 1 fully saturated rings. The number of benzene rings is 1. The molecule has 0 bridgehead atoms. The topological polar surface area (TPSA) is 41.1 Å². The molecule has 0 atom stereocenters. The van der Waals surface area contributed by atoms with Gasteiger partial charge in [0.15, 0.2) is 5.78 Å². The quantitative estimate of drug-likeness (QED) is 0.583. The Morgan fingerprint density at radius 3 is 2.62 bits per heavy atom. The number of fused-ring (bicyclic) bond motifs is 1. The number of hydrogen-bond acceptors (Lipinski definition) is 3. The normalized spacial score (nSPS) is 21.8. The fourth-order valence-electron chi connectivity index (χ4n) is 4.27. The molecule has 3 rings (SSSR count). The Hall–Kier alpha value is -1.32. The molecule has 1 aromatic rings. The van der Waals surface area contributed by atoms with Gasteiger partial charge in [0.25, 0.3) is 0 Å². The minimum Gasteiger partial charge on any atom is -0.379 e. The van der Waals surface area contributed by atoms with Crippen LogP contribution in [0.1, 0.15) is 69.1 Å². The van der Waals surface area contributed by atoms with Gasteiger partial charge >= 0.3 is 0 Å². The first kappa shape index (κ1) is 19.4. The maximum atomic E-state index is 13.0. The molecule has 0 radical (unpaired) electrons. The van der Waals surface area contributed by atoms with Crippen molar-refractivity contribution < 1.29 is 4.79 Å². The average molecular weight is 375 g/mol. The summed E-state index contributed by atoms with van der Waals surface area (Å²) in [7, 11) is 1.92. The first-order valence-electron chi connectivity index (χ1n) is 9.89. The Morgan fingerprint density at radius 1 is 1.27 bits per heavy atom. The Morgan fingerprint density at radius 2 is 1.96 bits per heavy atom. The van der Waals surface area contributed by atoms with Crippen molar-refractivity contribution >= 4 is 23.1 Å². The SMILES string of the molecule is CNCc1cc2c(cc1Cl)CC(C)(C)NC2=CC(=O)C1CCCCCC1. The highest BCUT2D eigenvalue weighted by atomic mass is 35.5. The van der Waals surface area contributed by atoms with E-state index in [2.05, 4.69) is 36.6 Å². The highest BCUT2D eigenvalue weighted by Gasteiger charge is 2.29. The van der Waals surface area contributed by atoms with Crippen LogP contribution in [0.3, 0.4) is 0 Å². The van der Waals surface area contributed by atoms with Gasteiger partial charge in [0.05, 0.1) is 0 Å². The Kier molecular flexibility index (Phi) is 6.09. The summed E-state index contributed by atoms with van der Waals surface area (Å²) in [5, 5.41) is 7.57. The minimum atomic E-state index is -0.0869. The number of ketones is 1. The number of nitrogens with one attached hydrogen (secondary N) is 2. The van der Waals surface area contributed by atoms with Crippen LogP contribution in [0.25, 0.3) is 5.70 Å². The van der Waals surface area contributed by atoms with Crippen LogP contribution >= 0.6 is 11.6 Å². The van der Waals surface area contributed by atoms with Crippen molar-refractivity contribution in [2.24, 2.45) is 5.92 Å². The summed E-state index contributed by atoms with van der Waals surface area (Å²) in [6, 6.07) is 4.22. The summed E-state index contributed by atoms with van der Waals surface area (Å²) in [5.74, 6) is 0.465. The van der Waals surface area contributed by atoms with Gasteiger partial charge in [0.2, 0.25) is 0 Å². The van der Waals surface area contributed by atoms with E-state index >= 15 is 0 Å². The Balaban J connectivity index is 1.96. The van der Waals surface area contributed by atoms with E-state index in [-0.39, 0.29) is 17.2 Å². The maximum Gasteiger partial charge on any atom is 0.160 e. The molecule has 4 heteroatoms. The molecule has 1 aliphatic carbocycles. The summed E-state index contributed by atoms with van der Waals surface area (Å²) in [4.78, 5) is 13.0. The molecule has 0 spiro atoms. The van der Waals surface area contributed by atoms with Gasteiger partial charge in [-0.3, -0.25) is 4.79 Å². The second-order valence-electron chi connectivity index (χ2n) is 8.47. The number of carbonyl (C=O) groups is 1. The summed E-state index contributed by atoms with van der Waals surface area (Å²) < 4.78 is 0. The second kappa shape index (κ2) is 8.14. The standard InChI is InChI=1S/C22H31ClN2O/c1-22(2)13-16-11-19(23)17(14-24-3)10-18(16)20(25-22)12-21(26)15-8-6-4-5-7-9-15/h10-12,15,24-25H,4-9,13-14H2,1-3H3. The molecule has 2 N–H and O–H groups in total. The fraction of sp³-hybridized carbons (Fsp3) is 0.591. The number of hydrogen-bond donors (Lipinski definition) is 2. The van der Waals surface area contributed by atoms with Crippen LogP contribution in [0.15, 0.2) is 18.2 Å². The molecule has 0 aromatic heterocycles. The first-order valence-corrected chi connectivity index (χ1v) is 10.3. The van der Waals surface area contributed by atoms with Gasteiger partial charge in [-0.1, -0.05) is 37.3 Å². The first-order chi connectivity index (χ1) is 12.4. The second-order valence-corrected chi connectivity index (χ2v) is 8.87. The highest BCUT2D eigenvalue weighted by molar-refractivity contribution is 6.31. The van der Waals surface area contributed by atoms with Gasteiger partial charge in [0, 0.05) is 40.4 Å². The van der Waals surface area contributed by atoms with Gasteiger partial charge < -0.3 is 10.6 Å². The third-order valence-corrected chi connectivity index (χ3v) is 5.93. The summed E-state index contributed by atoms with van der Waals surface area (Å²) in [5.41, 5.74) is 4.29. The smallest absolute Gasteiger partial charge is 0.160 e. The average Bonchev–Trinajstić information content (AvgIpc) is 2.85. The van der Waals surface area contributed by atoms with E-state index in [1.165, 1.54) is 31.2 Å². The molecule has 3 nitrogen and oxygen atoms in total. The third-order valence-electron chi connectivity index (χ3n) is 5.58. The van der Waals surface area contributed by atoms with Gasteiger partial charge in [-0.25, -0.2) is 0 Å². The number of carbonyl (C=O) groups excluding carboxylic acids is 1. The molecule has 2 aliphatic rings. The molecule has 0 saturated heterocycles. The lowest BCUT2D eigenvalue weighted by atomic mass is 9.84. The fourth-order valence-corrected chi connectivity index (χ4v) is 4.53. The lowest BCUT2D eigenvalue weighted by Gasteiger charge is -2.36. The molecule has 0 amide bonds. The van der Waals surface area contributed by atoms with Crippen LogP contribution in [0, 0.1) is 5.92 Å². The van der Waals surface area contributed by atoms with E-state index in [0.717, 1.165) is 47.7 Å². The van der Waals surface area contributed by atoms with Crippen LogP contribution in [0.2, 0.25) is 5.02 Å². The predicted octanol–water partition coefficient (Wildman–Crippen LogP) is 4.86. The van der Waals surface area contributed by atoms with Crippen LogP contribution < -0.4 is 10.6 Å². The van der Waals surface area contributed by atoms with Crippen molar-refractivity contribution in [3.63, 3.8) is 0 Å². The van der Waals surface area contributed by atoms with Gasteiger partial charge in [-0.15, -0.1) is 0 Å². The Labute approximate surface area is 162 Å². The van der Waals surface area contributed by atoms with Crippen LogP contribution in [0.5, 0.6) is 0 Å². The zero-order chi connectivity index (χ0) is 18.7. The maximum absolute atomic E-state index is 13.0. The Bertz CT molecular complexity index is 700. The molecule has 1 aromatic carbocycles. The van der Waals surface area contributed by atoms with Gasteiger partial charge in [-0.2, -0.15) is 0 Å². The largest absolute Gasteiger partial charge is 0.379 e. The molecule has 1 heterocycles.